The van der Waals surface area contributed by atoms with E-state index in [-0.39, 0.29) is 30.1 Å². The molecule has 1 aromatic heterocycles. The zero-order chi connectivity index (χ0) is 30.2. The van der Waals surface area contributed by atoms with E-state index in [0.29, 0.717) is 42.4 Å². The van der Waals surface area contributed by atoms with Crippen LogP contribution >= 0.6 is 8.25 Å². The van der Waals surface area contributed by atoms with Gasteiger partial charge in [0.2, 0.25) is 5.95 Å². The molecule has 42 heavy (non-hydrogen) atoms. The van der Waals surface area contributed by atoms with E-state index in [2.05, 4.69) is 20.6 Å². The number of benzene rings is 2. The molecule has 1 saturated carbocycles. The third-order valence-corrected chi connectivity index (χ3v) is 8.12. The van der Waals surface area contributed by atoms with Gasteiger partial charge in [-0.3, -0.25) is 9.36 Å². The Morgan fingerprint density at radius 1 is 1.14 bits per heavy atom. The first-order valence-electron chi connectivity index (χ1n) is 13.4. The fraction of sp³-hybridized carbons (Fsp3) is 0.393. The van der Waals surface area contributed by atoms with E-state index >= 15 is 0 Å². The lowest BCUT2D eigenvalue weighted by molar-refractivity contribution is -0.137. The summed E-state index contributed by atoms with van der Waals surface area (Å²) < 4.78 is 57.4. The summed E-state index contributed by atoms with van der Waals surface area (Å²) in [6, 6.07) is 9.92. The summed E-state index contributed by atoms with van der Waals surface area (Å²) >= 11 is 0. The third-order valence-electron chi connectivity index (χ3n) is 7.73. The lowest BCUT2D eigenvalue weighted by Gasteiger charge is -2.34. The number of hydrogen-bond donors (Lipinski definition) is 4. The van der Waals surface area contributed by atoms with E-state index < -0.39 is 31.4 Å². The van der Waals surface area contributed by atoms with Crippen LogP contribution in [-0.4, -0.2) is 43.4 Å². The van der Waals surface area contributed by atoms with Crippen LogP contribution in [0.15, 0.2) is 42.6 Å². The first kappa shape index (κ1) is 30.0. The fourth-order valence-electron chi connectivity index (χ4n) is 5.45. The number of alkyl halides is 3. The summed E-state index contributed by atoms with van der Waals surface area (Å²) in [6.07, 6.45) is -1.33. The van der Waals surface area contributed by atoms with Crippen LogP contribution in [0, 0.1) is 0 Å². The minimum absolute atomic E-state index is 0.0714. The van der Waals surface area contributed by atoms with Gasteiger partial charge < -0.3 is 30.1 Å². The Labute approximate surface area is 240 Å². The molecule has 4 N–H and O–H groups in total. The van der Waals surface area contributed by atoms with E-state index in [1.165, 1.54) is 4.90 Å². The molecule has 2 aromatic carbocycles. The zero-order valence-corrected chi connectivity index (χ0v) is 24.0. The van der Waals surface area contributed by atoms with Gasteiger partial charge in [0, 0.05) is 25.5 Å². The minimum atomic E-state index is -4.76. The Kier molecular flexibility index (Phi) is 8.30. The average Bonchev–Trinajstić information content (AvgIpc) is 3.22. The van der Waals surface area contributed by atoms with Crippen molar-refractivity contribution in [3.05, 3.63) is 70.4 Å². The highest BCUT2D eigenvalue weighted by Gasteiger charge is 2.38. The van der Waals surface area contributed by atoms with E-state index in [4.69, 9.17) is 9.42 Å². The van der Waals surface area contributed by atoms with Gasteiger partial charge in [-0.05, 0) is 73.4 Å². The molecule has 0 saturated heterocycles. The maximum Gasteiger partial charge on any atom is 0.421 e. The van der Waals surface area contributed by atoms with E-state index in [1.54, 1.807) is 37.4 Å². The first-order chi connectivity index (χ1) is 19.8. The summed E-state index contributed by atoms with van der Waals surface area (Å²) in [7, 11) is -1.43. The molecule has 2 aliphatic rings. The van der Waals surface area contributed by atoms with Crippen LogP contribution in [0.2, 0.25) is 0 Å². The maximum atomic E-state index is 14.0. The summed E-state index contributed by atoms with van der Waals surface area (Å²) in [5, 5.41) is 16.0. The molecule has 1 fully saturated rings. The molecular weight excluding hydrogens is 574 g/mol. The van der Waals surface area contributed by atoms with Crippen LogP contribution in [0.1, 0.15) is 71.1 Å². The quantitative estimate of drug-likeness (QED) is 0.232. The van der Waals surface area contributed by atoms with Gasteiger partial charge in [0.1, 0.15) is 11.4 Å². The van der Waals surface area contributed by atoms with Crippen LogP contribution in [0.25, 0.3) is 0 Å². The van der Waals surface area contributed by atoms with Gasteiger partial charge in [0.05, 0.1) is 23.5 Å². The van der Waals surface area contributed by atoms with E-state index in [0.717, 1.165) is 24.0 Å². The normalized spacial score (nSPS) is 21.3. The van der Waals surface area contributed by atoms with Gasteiger partial charge in [0.15, 0.2) is 0 Å². The number of carbonyl (C=O) groups is 1. The van der Waals surface area contributed by atoms with Crippen LogP contribution in [0.5, 0.6) is 0 Å². The fourth-order valence-corrected chi connectivity index (χ4v) is 5.74. The van der Waals surface area contributed by atoms with Crippen LogP contribution in [-0.2, 0) is 28.4 Å². The summed E-state index contributed by atoms with van der Waals surface area (Å²) in [4.78, 5) is 31.5. The summed E-state index contributed by atoms with van der Waals surface area (Å²) in [6.45, 7) is 2.08. The monoisotopic (exact) mass is 605 g/mol. The van der Waals surface area contributed by atoms with Crippen LogP contribution in [0.3, 0.4) is 0 Å². The Hall–Kier alpha value is -3.51. The average molecular weight is 606 g/mol. The molecule has 0 radical (unpaired) electrons. The maximum absolute atomic E-state index is 14.0. The molecule has 10 nitrogen and oxygen atoms in total. The summed E-state index contributed by atoms with van der Waals surface area (Å²) in [5.74, 6) is -0.781. The van der Waals surface area contributed by atoms with Gasteiger partial charge in [-0.25, -0.2) is 4.98 Å². The number of fused-ring (bicyclic) bond motifs is 1. The Morgan fingerprint density at radius 2 is 1.83 bits per heavy atom. The lowest BCUT2D eigenvalue weighted by Crippen LogP contribution is -2.29. The lowest BCUT2D eigenvalue weighted by atomic mass is 9.75. The number of nitrogens with zero attached hydrogens (tertiary/aromatic N) is 3. The first-order valence-corrected chi connectivity index (χ1v) is 14.6. The second kappa shape index (κ2) is 11.6. The standard InChI is InChI=1S/C28H31F3N5O5P/c1-27(38)11-9-17(10-12-27)19-7-8-22(23-20(19)14-36(2)25(23)37)34-24-21(28(29,30)31)13-32-26(35-24)33-18-5-3-16(4-6-18)15-41-42(39)40/h3-8,13,17,38,42H,9-12,14-15H2,1-2H3,(H,39,40)(H2,32,33,34,35)/t17-,27-. The number of rotatable bonds is 8. The van der Waals surface area contributed by atoms with Gasteiger partial charge >= 0.3 is 14.4 Å². The molecule has 224 valence electrons. The Morgan fingerprint density at radius 3 is 2.48 bits per heavy atom. The number of amides is 1. The van der Waals surface area contributed by atoms with E-state index in [1.807, 2.05) is 13.0 Å². The largest absolute Gasteiger partial charge is 0.421 e. The molecule has 5 rings (SSSR count). The van der Waals surface area contributed by atoms with Crippen molar-refractivity contribution in [2.45, 2.75) is 63.5 Å². The highest BCUT2D eigenvalue weighted by molar-refractivity contribution is 7.32. The highest BCUT2D eigenvalue weighted by atomic mass is 31.1. The molecular formula is C28H31F3N5O5P. The molecule has 0 bridgehead atoms. The molecule has 1 unspecified atom stereocenters. The molecule has 0 spiro atoms. The number of anilines is 4. The van der Waals surface area contributed by atoms with Gasteiger partial charge in [-0.15, -0.1) is 0 Å². The van der Waals surface area contributed by atoms with Gasteiger partial charge in [-0.2, -0.15) is 18.2 Å². The van der Waals surface area contributed by atoms with Crippen molar-refractivity contribution < 1.29 is 37.1 Å². The smallest absolute Gasteiger partial charge is 0.390 e. The Bertz CT molecular complexity index is 1510. The number of nitrogens with one attached hydrogen (secondary N) is 2. The van der Waals surface area contributed by atoms with Crippen molar-refractivity contribution in [2.75, 3.05) is 17.7 Å². The zero-order valence-electron chi connectivity index (χ0n) is 23.0. The predicted octanol–water partition coefficient (Wildman–Crippen LogP) is 5.88. The van der Waals surface area contributed by atoms with Crippen LogP contribution in [0.4, 0.5) is 36.3 Å². The van der Waals surface area contributed by atoms with Crippen molar-refractivity contribution in [1.82, 2.24) is 14.9 Å². The van der Waals surface area contributed by atoms with Gasteiger partial charge in [0.25, 0.3) is 5.91 Å². The third kappa shape index (κ3) is 6.59. The van der Waals surface area contributed by atoms with Crippen molar-refractivity contribution in [2.24, 2.45) is 0 Å². The SMILES string of the molecule is CN1Cc2c(c(Nc3nc(Nc4ccc(CO[PH](=O)O)cc4)ncc3C(F)(F)F)ccc2[C@H]2CC[C@](C)(O)CC2)C1=O. The number of carbonyl (C=O) groups excluding carboxylic acids is 1. The Balaban J connectivity index is 1.44. The second-order valence-electron chi connectivity index (χ2n) is 10.9. The number of aromatic nitrogens is 2. The van der Waals surface area contributed by atoms with Crippen molar-refractivity contribution >= 4 is 37.3 Å². The predicted molar refractivity (Wildman–Crippen MR) is 150 cm³/mol. The number of hydrogen-bond acceptors (Lipinski definition) is 8. The number of halogens is 3. The topological polar surface area (TPSA) is 137 Å². The molecule has 2 heterocycles. The minimum Gasteiger partial charge on any atom is -0.390 e. The number of aliphatic hydroxyl groups is 1. The second-order valence-corrected chi connectivity index (χ2v) is 11.8. The van der Waals surface area contributed by atoms with Crippen molar-refractivity contribution in [3.8, 4) is 0 Å². The molecule has 1 amide bonds. The molecule has 3 aromatic rings. The van der Waals surface area contributed by atoms with Crippen molar-refractivity contribution in [1.29, 1.82) is 0 Å². The molecule has 1 aliphatic carbocycles. The summed E-state index contributed by atoms with van der Waals surface area (Å²) in [5.41, 5.74) is 1.56. The van der Waals surface area contributed by atoms with Crippen molar-refractivity contribution in [3.63, 3.8) is 0 Å². The molecule has 14 heteroatoms. The molecule has 1 aliphatic heterocycles. The van der Waals surface area contributed by atoms with E-state index in [9.17, 15) is 27.6 Å². The highest BCUT2D eigenvalue weighted by Crippen LogP contribution is 2.44. The molecule has 1 atom stereocenters. The van der Waals surface area contributed by atoms with Crippen LogP contribution < -0.4 is 10.6 Å². The van der Waals surface area contributed by atoms with Gasteiger partial charge in [-0.1, -0.05) is 18.2 Å².